The van der Waals surface area contributed by atoms with Gasteiger partial charge in [-0.1, -0.05) is 37.1 Å². The van der Waals surface area contributed by atoms with Gasteiger partial charge in [-0.15, -0.1) is 11.6 Å². The minimum Gasteiger partial charge on any atom is -0.310 e. The summed E-state index contributed by atoms with van der Waals surface area (Å²) < 4.78 is 0. The molecule has 0 spiro atoms. The zero-order valence-corrected chi connectivity index (χ0v) is 9.76. The summed E-state index contributed by atoms with van der Waals surface area (Å²) in [6.45, 7) is 0.993. The molecule has 1 saturated carbocycles. The van der Waals surface area contributed by atoms with Crippen molar-refractivity contribution >= 4 is 11.6 Å². The van der Waals surface area contributed by atoms with Gasteiger partial charge in [0.25, 0.3) is 0 Å². The van der Waals surface area contributed by atoms with Crippen LogP contribution < -0.4 is 5.32 Å². The van der Waals surface area contributed by atoms with Crippen molar-refractivity contribution in [1.29, 1.82) is 0 Å². The van der Waals surface area contributed by atoms with Crippen molar-refractivity contribution in [3.8, 4) is 0 Å². The predicted molar refractivity (Wildman–Crippen MR) is 65.1 cm³/mol. The second-order valence-electron chi connectivity index (χ2n) is 4.31. The van der Waals surface area contributed by atoms with E-state index in [9.17, 15) is 0 Å². The van der Waals surface area contributed by atoms with Crippen LogP contribution in [0.3, 0.4) is 0 Å². The summed E-state index contributed by atoms with van der Waals surface area (Å²) in [5, 5.41) is 3.60. The zero-order valence-electron chi connectivity index (χ0n) is 9.01. The lowest BCUT2D eigenvalue weighted by molar-refractivity contribution is 0.524. The minimum absolute atomic E-state index is 0.607. The van der Waals surface area contributed by atoms with Gasteiger partial charge in [-0.05, 0) is 24.0 Å². The lowest BCUT2D eigenvalue weighted by Crippen LogP contribution is -2.25. The third kappa shape index (κ3) is 3.22. The minimum atomic E-state index is 0.607. The van der Waals surface area contributed by atoms with E-state index in [1.165, 1.54) is 36.8 Å². The molecule has 1 aromatic rings. The third-order valence-corrected chi connectivity index (χ3v) is 3.44. The van der Waals surface area contributed by atoms with Crippen molar-refractivity contribution in [2.75, 3.05) is 0 Å². The summed E-state index contributed by atoms with van der Waals surface area (Å²) in [4.78, 5) is 0. The highest BCUT2D eigenvalue weighted by Gasteiger charge is 2.13. The van der Waals surface area contributed by atoms with E-state index in [0.717, 1.165) is 12.6 Å². The van der Waals surface area contributed by atoms with Crippen LogP contribution in [0.2, 0.25) is 0 Å². The number of alkyl halides is 1. The fraction of sp³-hybridized carbons (Fsp3) is 0.538. The highest BCUT2D eigenvalue weighted by atomic mass is 35.5. The average Bonchev–Trinajstić information content (AvgIpc) is 2.80. The Morgan fingerprint density at radius 2 is 1.67 bits per heavy atom. The maximum atomic E-state index is 5.74. The van der Waals surface area contributed by atoms with Crippen LogP contribution in [0.15, 0.2) is 24.3 Å². The first-order chi connectivity index (χ1) is 7.38. The Bertz CT molecular complexity index is 288. The van der Waals surface area contributed by atoms with Crippen molar-refractivity contribution in [2.24, 2.45) is 0 Å². The van der Waals surface area contributed by atoms with Crippen LogP contribution in [-0.4, -0.2) is 6.04 Å². The van der Waals surface area contributed by atoms with Crippen LogP contribution in [0.1, 0.15) is 36.8 Å². The molecule has 0 aromatic heterocycles. The lowest BCUT2D eigenvalue weighted by Gasteiger charge is -2.11. The first kappa shape index (κ1) is 11.0. The molecule has 82 valence electrons. The highest BCUT2D eigenvalue weighted by Crippen LogP contribution is 2.18. The summed E-state index contributed by atoms with van der Waals surface area (Å²) >= 11 is 5.74. The first-order valence-corrected chi connectivity index (χ1v) is 6.29. The highest BCUT2D eigenvalue weighted by molar-refractivity contribution is 6.17. The van der Waals surface area contributed by atoms with Gasteiger partial charge in [0.05, 0.1) is 0 Å². The van der Waals surface area contributed by atoms with Crippen molar-refractivity contribution in [3.63, 3.8) is 0 Å². The van der Waals surface area contributed by atoms with E-state index in [1.54, 1.807) is 0 Å². The van der Waals surface area contributed by atoms with Gasteiger partial charge in [0, 0.05) is 18.5 Å². The Morgan fingerprint density at radius 1 is 1.07 bits per heavy atom. The molecule has 2 heteroatoms. The summed E-state index contributed by atoms with van der Waals surface area (Å²) in [5.74, 6) is 0.607. The standard InChI is InChI=1S/C13H18ClN/c14-9-11-5-7-12(8-6-11)10-15-13-3-1-2-4-13/h5-8,13,15H,1-4,9-10H2. The van der Waals surface area contributed by atoms with E-state index >= 15 is 0 Å². The van der Waals surface area contributed by atoms with E-state index in [2.05, 4.69) is 29.6 Å². The van der Waals surface area contributed by atoms with Gasteiger partial charge in [0.1, 0.15) is 0 Å². The molecule has 0 aliphatic heterocycles. The summed E-state index contributed by atoms with van der Waals surface area (Å²) in [5.41, 5.74) is 2.55. The fourth-order valence-electron chi connectivity index (χ4n) is 2.14. The van der Waals surface area contributed by atoms with Crippen LogP contribution in [0, 0.1) is 0 Å². The lowest BCUT2D eigenvalue weighted by atomic mass is 10.1. The molecule has 0 heterocycles. The van der Waals surface area contributed by atoms with E-state index in [-0.39, 0.29) is 0 Å². The summed E-state index contributed by atoms with van der Waals surface area (Å²) in [6, 6.07) is 9.30. The third-order valence-electron chi connectivity index (χ3n) is 3.13. The molecule has 1 nitrogen and oxygen atoms in total. The maximum Gasteiger partial charge on any atom is 0.0474 e. The number of hydrogen-bond acceptors (Lipinski definition) is 1. The maximum absolute atomic E-state index is 5.74. The number of nitrogens with one attached hydrogen (secondary N) is 1. The molecule has 0 atom stereocenters. The Morgan fingerprint density at radius 3 is 2.27 bits per heavy atom. The monoisotopic (exact) mass is 223 g/mol. The molecule has 0 radical (unpaired) electrons. The molecule has 1 aliphatic carbocycles. The molecular weight excluding hydrogens is 206 g/mol. The molecule has 0 unspecified atom stereocenters. The Labute approximate surface area is 96.8 Å². The van der Waals surface area contributed by atoms with Crippen LogP contribution in [0.4, 0.5) is 0 Å². The van der Waals surface area contributed by atoms with Crippen LogP contribution >= 0.6 is 11.6 Å². The quantitative estimate of drug-likeness (QED) is 0.771. The number of benzene rings is 1. The van der Waals surface area contributed by atoms with Crippen LogP contribution in [-0.2, 0) is 12.4 Å². The Balaban J connectivity index is 1.82. The SMILES string of the molecule is ClCc1ccc(CNC2CCCC2)cc1. The number of hydrogen-bond donors (Lipinski definition) is 1. The molecular formula is C13H18ClN. The second-order valence-corrected chi connectivity index (χ2v) is 4.58. The Kier molecular flexibility index (Phi) is 4.04. The molecule has 1 aliphatic rings. The van der Waals surface area contributed by atoms with E-state index in [4.69, 9.17) is 11.6 Å². The van der Waals surface area contributed by atoms with E-state index < -0.39 is 0 Å². The van der Waals surface area contributed by atoms with Gasteiger partial charge in [-0.3, -0.25) is 0 Å². The van der Waals surface area contributed by atoms with Gasteiger partial charge < -0.3 is 5.32 Å². The zero-order chi connectivity index (χ0) is 10.5. The molecule has 0 saturated heterocycles. The fourth-order valence-corrected chi connectivity index (χ4v) is 2.32. The summed E-state index contributed by atoms with van der Waals surface area (Å²) in [7, 11) is 0. The molecule has 15 heavy (non-hydrogen) atoms. The van der Waals surface area contributed by atoms with Gasteiger partial charge in [0.2, 0.25) is 0 Å². The number of rotatable bonds is 4. The predicted octanol–water partition coefficient (Wildman–Crippen LogP) is 3.46. The van der Waals surface area contributed by atoms with Crippen LogP contribution in [0.5, 0.6) is 0 Å². The van der Waals surface area contributed by atoms with Crippen molar-refractivity contribution in [2.45, 2.75) is 44.1 Å². The topological polar surface area (TPSA) is 12.0 Å². The molecule has 1 fully saturated rings. The van der Waals surface area contributed by atoms with Gasteiger partial charge >= 0.3 is 0 Å². The van der Waals surface area contributed by atoms with Crippen molar-refractivity contribution in [3.05, 3.63) is 35.4 Å². The second kappa shape index (κ2) is 5.53. The molecule has 0 amide bonds. The molecule has 0 bridgehead atoms. The molecule has 2 rings (SSSR count). The molecule has 1 N–H and O–H groups in total. The van der Waals surface area contributed by atoms with Gasteiger partial charge in [-0.25, -0.2) is 0 Å². The largest absolute Gasteiger partial charge is 0.310 e. The van der Waals surface area contributed by atoms with Crippen LogP contribution in [0.25, 0.3) is 0 Å². The normalized spacial score (nSPS) is 17.1. The summed E-state index contributed by atoms with van der Waals surface area (Å²) in [6.07, 6.45) is 5.48. The first-order valence-electron chi connectivity index (χ1n) is 5.75. The van der Waals surface area contributed by atoms with Crippen molar-refractivity contribution < 1.29 is 0 Å². The number of halogens is 1. The smallest absolute Gasteiger partial charge is 0.0474 e. The van der Waals surface area contributed by atoms with Crippen molar-refractivity contribution in [1.82, 2.24) is 5.32 Å². The Hall–Kier alpha value is -0.530. The van der Waals surface area contributed by atoms with Gasteiger partial charge in [0.15, 0.2) is 0 Å². The van der Waals surface area contributed by atoms with Gasteiger partial charge in [-0.2, -0.15) is 0 Å². The average molecular weight is 224 g/mol. The van der Waals surface area contributed by atoms with E-state index in [0.29, 0.717) is 5.88 Å². The molecule has 1 aromatic carbocycles. The van der Waals surface area contributed by atoms with E-state index in [1.807, 2.05) is 0 Å².